The van der Waals surface area contributed by atoms with Crippen LogP contribution in [0.1, 0.15) is 28.4 Å². The molecule has 0 aliphatic rings. The van der Waals surface area contributed by atoms with Crippen molar-refractivity contribution in [2.75, 3.05) is 6.61 Å². The van der Waals surface area contributed by atoms with Crippen LogP contribution in [0, 0.1) is 11.3 Å². The zero-order valence-corrected chi connectivity index (χ0v) is 9.95. The average molecular weight is 252 g/mol. The number of ether oxygens (including phenoxy) is 1. The number of nitriles is 1. The topological polar surface area (TPSA) is 67.2 Å². The second kappa shape index (κ2) is 6.02. The molecule has 0 saturated heterocycles. The fourth-order valence-electron chi connectivity index (χ4n) is 1.42. The Bertz CT molecular complexity index is 491. The number of aldehydes is 1. The third-order valence-corrected chi connectivity index (χ3v) is 2.31. The number of rotatable bonds is 4. The molecule has 0 radical (unpaired) electrons. The Hall–Kier alpha value is -1.86. The first-order chi connectivity index (χ1) is 8.12. The quantitative estimate of drug-likeness (QED) is 0.607. The van der Waals surface area contributed by atoms with Crippen LogP contribution in [0.2, 0.25) is 5.02 Å². The van der Waals surface area contributed by atoms with Crippen LogP contribution >= 0.6 is 11.6 Å². The predicted octanol–water partition coefficient (Wildman–Crippen LogP) is 2.13. The molecule has 5 heteroatoms. The van der Waals surface area contributed by atoms with Gasteiger partial charge < -0.3 is 4.74 Å². The van der Waals surface area contributed by atoms with Crippen molar-refractivity contribution in [1.82, 2.24) is 0 Å². The molecular formula is C12H10ClNO3. The van der Waals surface area contributed by atoms with E-state index < -0.39 is 5.97 Å². The number of hydrogen-bond acceptors (Lipinski definition) is 4. The van der Waals surface area contributed by atoms with Crippen LogP contribution in [0.5, 0.6) is 0 Å². The monoisotopic (exact) mass is 251 g/mol. The highest BCUT2D eigenvalue weighted by atomic mass is 35.5. The van der Waals surface area contributed by atoms with Gasteiger partial charge in [-0.1, -0.05) is 11.6 Å². The van der Waals surface area contributed by atoms with E-state index in [9.17, 15) is 9.59 Å². The molecule has 0 aliphatic carbocycles. The number of benzene rings is 1. The third kappa shape index (κ3) is 3.30. The summed E-state index contributed by atoms with van der Waals surface area (Å²) in [4.78, 5) is 22.1. The highest BCUT2D eigenvalue weighted by molar-refractivity contribution is 6.31. The van der Waals surface area contributed by atoms with Crippen LogP contribution in [0.3, 0.4) is 0 Å². The van der Waals surface area contributed by atoms with E-state index in [-0.39, 0.29) is 24.2 Å². The van der Waals surface area contributed by atoms with Crippen LogP contribution in [-0.2, 0) is 16.0 Å². The Morgan fingerprint density at radius 3 is 2.82 bits per heavy atom. The average Bonchev–Trinajstić information content (AvgIpc) is 2.28. The molecule has 0 atom stereocenters. The van der Waals surface area contributed by atoms with Crippen molar-refractivity contribution in [3.63, 3.8) is 0 Å². The van der Waals surface area contributed by atoms with E-state index in [1.807, 2.05) is 6.07 Å². The van der Waals surface area contributed by atoms with E-state index in [2.05, 4.69) is 0 Å². The maximum Gasteiger partial charge on any atom is 0.310 e. The van der Waals surface area contributed by atoms with Gasteiger partial charge in [0, 0.05) is 10.6 Å². The van der Waals surface area contributed by atoms with Crippen molar-refractivity contribution >= 4 is 23.9 Å². The zero-order chi connectivity index (χ0) is 12.8. The minimum atomic E-state index is -0.455. The summed E-state index contributed by atoms with van der Waals surface area (Å²) in [5.41, 5.74) is 0.748. The lowest BCUT2D eigenvalue weighted by Gasteiger charge is -2.06. The molecule has 1 rings (SSSR count). The minimum absolute atomic E-state index is 0.0713. The summed E-state index contributed by atoms with van der Waals surface area (Å²) >= 11 is 5.80. The molecule has 0 heterocycles. The molecule has 17 heavy (non-hydrogen) atoms. The molecular weight excluding hydrogens is 242 g/mol. The molecule has 0 saturated carbocycles. The Balaban J connectivity index is 3.14. The fraction of sp³-hybridized carbons (Fsp3) is 0.250. The smallest absolute Gasteiger partial charge is 0.310 e. The number of esters is 1. The molecule has 0 amide bonds. The van der Waals surface area contributed by atoms with Crippen molar-refractivity contribution < 1.29 is 14.3 Å². The third-order valence-electron chi connectivity index (χ3n) is 2.09. The van der Waals surface area contributed by atoms with Crippen LogP contribution in [-0.4, -0.2) is 18.9 Å². The lowest BCUT2D eigenvalue weighted by Crippen LogP contribution is -2.09. The van der Waals surface area contributed by atoms with Crippen molar-refractivity contribution in [2.45, 2.75) is 13.3 Å². The van der Waals surface area contributed by atoms with E-state index in [4.69, 9.17) is 21.6 Å². The number of nitrogens with zero attached hydrogens (tertiary/aromatic N) is 1. The molecule has 0 aliphatic heterocycles. The highest BCUT2D eigenvalue weighted by Gasteiger charge is 2.13. The number of carbonyl (C=O) groups excluding carboxylic acids is 2. The van der Waals surface area contributed by atoms with Gasteiger partial charge in [-0.3, -0.25) is 9.59 Å². The molecule has 4 nitrogen and oxygen atoms in total. The van der Waals surface area contributed by atoms with Gasteiger partial charge in [0.05, 0.1) is 18.6 Å². The minimum Gasteiger partial charge on any atom is -0.466 e. The van der Waals surface area contributed by atoms with E-state index in [0.717, 1.165) is 0 Å². The van der Waals surface area contributed by atoms with E-state index >= 15 is 0 Å². The SMILES string of the molecule is CCOC(=O)Cc1cc(Cl)cc(C=O)c1C#N. The summed E-state index contributed by atoms with van der Waals surface area (Å²) in [6, 6.07) is 4.77. The van der Waals surface area contributed by atoms with Crippen molar-refractivity contribution in [1.29, 1.82) is 5.26 Å². The second-order valence-corrected chi connectivity index (χ2v) is 3.68. The van der Waals surface area contributed by atoms with E-state index in [1.165, 1.54) is 12.1 Å². The number of halogens is 1. The molecule has 0 N–H and O–H groups in total. The number of hydrogen-bond donors (Lipinski definition) is 0. The van der Waals surface area contributed by atoms with E-state index in [0.29, 0.717) is 16.9 Å². The summed E-state index contributed by atoms with van der Waals surface area (Å²) in [5.74, 6) is -0.455. The summed E-state index contributed by atoms with van der Waals surface area (Å²) in [6.07, 6.45) is 0.469. The van der Waals surface area contributed by atoms with Gasteiger partial charge in [-0.2, -0.15) is 5.26 Å². The lowest BCUT2D eigenvalue weighted by molar-refractivity contribution is -0.142. The van der Waals surface area contributed by atoms with Crippen molar-refractivity contribution in [3.05, 3.63) is 33.8 Å². The molecule has 0 unspecified atom stereocenters. The molecule has 1 aromatic rings. The Morgan fingerprint density at radius 2 is 2.29 bits per heavy atom. The predicted molar refractivity (Wildman–Crippen MR) is 61.9 cm³/mol. The Labute approximate surface area is 104 Å². The molecule has 88 valence electrons. The fourth-order valence-corrected chi connectivity index (χ4v) is 1.67. The van der Waals surface area contributed by atoms with Gasteiger partial charge in [0.15, 0.2) is 6.29 Å². The molecule has 0 bridgehead atoms. The normalized spacial score (nSPS) is 9.47. The van der Waals surface area contributed by atoms with Gasteiger partial charge in [-0.05, 0) is 24.6 Å². The van der Waals surface area contributed by atoms with Gasteiger partial charge in [0.25, 0.3) is 0 Å². The van der Waals surface area contributed by atoms with Gasteiger partial charge in [-0.25, -0.2) is 0 Å². The van der Waals surface area contributed by atoms with Crippen LogP contribution in [0.15, 0.2) is 12.1 Å². The first-order valence-corrected chi connectivity index (χ1v) is 5.33. The van der Waals surface area contributed by atoms with Crippen LogP contribution < -0.4 is 0 Å². The molecule has 0 aromatic heterocycles. The van der Waals surface area contributed by atoms with Crippen molar-refractivity contribution in [3.8, 4) is 6.07 Å². The first kappa shape index (κ1) is 13.2. The Morgan fingerprint density at radius 1 is 1.59 bits per heavy atom. The van der Waals surface area contributed by atoms with E-state index in [1.54, 1.807) is 6.92 Å². The Kier molecular flexibility index (Phi) is 4.68. The summed E-state index contributed by atoms with van der Waals surface area (Å²) in [7, 11) is 0. The van der Waals surface area contributed by atoms with Gasteiger partial charge in [-0.15, -0.1) is 0 Å². The lowest BCUT2D eigenvalue weighted by atomic mass is 10.0. The first-order valence-electron chi connectivity index (χ1n) is 4.95. The summed E-state index contributed by atoms with van der Waals surface area (Å²) < 4.78 is 4.78. The zero-order valence-electron chi connectivity index (χ0n) is 9.20. The van der Waals surface area contributed by atoms with Gasteiger partial charge in [0.1, 0.15) is 6.07 Å². The standard InChI is InChI=1S/C12H10ClNO3/c1-2-17-12(16)5-8-3-10(13)4-9(7-15)11(8)6-14/h3-4,7H,2,5H2,1H3. The van der Waals surface area contributed by atoms with Crippen LogP contribution in [0.4, 0.5) is 0 Å². The number of carbonyl (C=O) groups is 2. The van der Waals surface area contributed by atoms with Crippen molar-refractivity contribution in [2.24, 2.45) is 0 Å². The summed E-state index contributed by atoms with van der Waals surface area (Å²) in [6.45, 7) is 1.96. The highest BCUT2D eigenvalue weighted by Crippen LogP contribution is 2.20. The second-order valence-electron chi connectivity index (χ2n) is 3.24. The van der Waals surface area contributed by atoms with Gasteiger partial charge in [0.2, 0.25) is 0 Å². The summed E-state index contributed by atoms with van der Waals surface area (Å²) in [5, 5.41) is 9.27. The maximum atomic E-state index is 11.3. The molecule has 0 fully saturated rings. The van der Waals surface area contributed by atoms with Gasteiger partial charge >= 0.3 is 5.97 Å². The molecule has 1 aromatic carbocycles. The largest absolute Gasteiger partial charge is 0.466 e. The molecule has 0 spiro atoms. The maximum absolute atomic E-state index is 11.3. The van der Waals surface area contributed by atoms with Crippen LogP contribution in [0.25, 0.3) is 0 Å².